The van der Waals surface area contributed by atoms with Crippen molar-refractivity contribution >= 4 is 0 Å². The minimum atomic E-state index is 0.00266. The summed E-state index contributed by atoms with van der Waals surface area (Å²) in [5.74, 6) is 0. The van der Waals surface area contributed by atoms with Crippen molar-refractivity contribution in [1.29, 1.82) is 0 Å². The maximum absolute atomic E-state index is 9.49. The van der Waals surface area contributed by atoms with Crippen molar-refractivity contribution in [2.45, 2.75) is 53.4 Å². The van der Waals surface area contributed by atoms with Gasteiger partial charge in [-0.2, -0.15) is 0 Å². The van der Waals surface area contributed by atoms with E-state index in [-0.39, 0.29) is 24.0 Å². The van der Waals surface area contributed by atoms with Crippen LogP contribution >= 0.6 is 0 Å². The topological polar surface area (TPSA) is 52.5 Å². The lowest BCUT2D eigenvalue weighted by Gasteiger charge is -2.34. The van der Waals surface area contributed by atoms with E-state index >= 15 is 0 Å². The molecule has 0 aliphatic carbocycles. The zero-order valence-electron chi connectivity index (χ0n) is 12.1. The van der Waals surface area contributed by atoms with Gasteiger partial charge in [0, 0.05) is 37.1 Å². The molecule has 0 aromatic heterocycles. The van der Waals surface area contributed by atoms with Gasteiger partial charge in [-0.1, -0.05) is 27.7 Å². The average Bonchev–Trinajstić information content (AvgIpc) is 2.41. The van der Waals surface area contributed by atoms with Gasteiger partial charge in [0.2, 0.25) is 0 Å². The normalized spacial score (nSPS) is 13.1. The Bertz CT molecular complexity index is 150. The van der Waals surface area contributed by atoms with Crippen LogP contribution in [-0.4, -0.2) is 36.5 Å². The van der Waals surface area contributed by atoms with E-state index in [1.54, 1.807) is 0 Å². The zero-order chi connectivity index (χ0) is 13.4. The number of hydrogen-bond donors (Lipinski definition) is 3. The van der Waals surface area contributed by atoms with Crippen molar-refractivity contribution in [3.63, 3.8) is 0 Å². The molecule has 0 aromatic rings. The molecule has 0 unspecified atom stereocenters. The van der Waals surface area contributed by atoms with Gasteiger partial charge in [0.05, 0.1) is 0 Å². The van der Waals surface area contributed by atoms with Crippen LogP contribution in [0.2, 0.25) is 0 Å². The van der Waals surface area contributed by atoms with E-state index in [2.05, 4.69) is 33.0 Å². The highest BCUT2D eigenvalue weighted by atomic mass is 16.3. The Morgan fingerprint density at radius 3 is 1.18 bits per heavy atom. The van der Waals surface area contributed by atoms with Gasteiger partial charge in [0.25, 0.3) is 0 Å². The maximum Gasteiger partial charge on any atom is 0.0499 e. The SMILES string of the molecule is CCC(CC)(CO)CNCC(CC)(CC)CO. The monoisotopic (exact) mass is 245 g/mol. The standard InChI is InChI=1S/C14H31NO2/c1-5-13(6-2,11-16)9-15-10-14(7-3,8-4)12-17/h15-17H,5-12H2,1-4H3. The van der Waals surface area contributed by atoms with E-state index in [0.29, 0.717) is 0 Å². The molecule has 0 amide bonds. The summed E-state index contributed by atoms with van der Waals surface area (Å²) < 4.78 is 0. The van der Waals surface area contributed by atoms with E-state index in [0.717, 1.165) is 38.8 Å². The number of rotatable bonds is 10. The Morgan fingerprint density at radius 2 is 1.00 bits per heavy atom. The predicted octanol–water partition coefficient (Wildman–Crippen LogP) is 2.17. The van der Waals surface area contributed by atoms with Gasteiger partial charge in [-0.25, -0.2) is 0 Å². The summed E-state index contributed by atoms with van der Waals surface area (Å²) in [5.41, 5.74) is 0.00531. The van der Waals surface area contributed by atoms with Gasteiger partial charge >= 0.3 is 0 Å². The van der Waals surface area contributed by atoms with Crippen molar-refractivity contribution in [3.8, 4) is 0 Å². The van der Waals surface area contributed by atoms with Crippen LogP contribution < -0.4 is 5.32 Å². The molecular formula is C14H31NO2. The van der Waals surface area contributed by atoms with Crippen LogP contribution in [0.25, 0.3) is 0 Å². The molecule has 0 saturated heterocycles. The molecule has 17 heavy (non-hydrogen) atoms. The van der Waals surface area contributed by atoms with Gasteiger partial charge in [-0.05, 0) is 25.7 Å². The van der Waals surface area contributed by atoms with E-state index in [1.807, 2.05) is 0 Å². The van der Waals surface area contributed by atoms with Crippen LogP contribution in [0.3, 0.4) is 0 Å². The molecule has 0 aliphatic rings. The Hall–Kier alpha value is -0.120. The molecule has 0 atom stereocenters. The van der Waals surface area contributed by atoms with Crippen LogP contribution in [0.15, 0.2) is 0 Å². The van der Waals surface area contributed by atoms with Gasteiger partial charge < -0.3 is 15.5 Å². The Balaban J connectivity index is 4.28. The molecule has 0 aliphatic heterocycles. The minimum absolute atomic E-state index is 0.00266. The molecule has 3 nitrogen and oxygen atoms in total. The molecule has 3 N–H and O–H groups in total. The number of aliphatic hydroxyl groups excluding tert-OH is 2. The summed E-state index contributed by atoms with van der Waals surface area (Å²) in [4.78, 5) is 0. The third-order valence-corrected chi connectivity index (χ3v) is 4.67. The fourth-order valence-corrected chi connectivity index (χ4v) is 2.15. The Labute approximate surface area is 107 Å². The highest BCUT2D eigenvalue weighted by molar-refractivity contribution is 4.83. The maximum atomic E-state index is 9.49. The molecule has 0 aromatic carbocycles. The molecule has 104 valence electrons. The van der Waals surface area contributed by atoms with E-state index in [1.165, 1.54) is 0 Å². The van der Waals surface area contributed by atoms with E-state index in [9.17, 15) is 10.2 Å². The molecule has 0 radical (unpaired) electrons. The van der Waals surface area contributed by atoms with Crippen LogP contribution in [-0.2, 0) is 0 Å². The van der Waals surface area contributed by atoms with Crippen molar-refractivity contribution in [2.75, 3.05) is 26.3 Å². The summed E-state index contributed by atoms with van der Waals surface area (Å²) in [7, 11) is 0. The molecule has 3 heteroatoms. The smallest absolute Gasteiger partial charge is 0.0499 e. The van der Waals surface area contributed by atoms with Crippen molar-refractivity contribution in [1.82, 2.24) is 5.32 Å². The van der Waals surface area contributed by atoms with Crippen molar-refractivity contribution in [3.05, 3.63) is 0 Å². The van der Waals surface area contributed by atoms with Crippen molar-refractivity contribution in [2.24, 2.45) is 10.8 Å². The predicted molar refractivity (Wildman–Crippen MR) is 73.1 cm³/mol. The van der Waals surface area contributed by atoms with Gasteiger partial charge in [-0.15, -0.1) is 0 Å². The second kappa shape index (κ2) is 8.06. The van der Waals surface area contributed by atoms with Gasteiger partial charge in [-0.3, -0.25) is 0 Å². The van der Waals surface area contributed by atoms with E-state index < -0.39 is 0 Å². The van der Waals surface area contributed by atoms with Crippen LogP contribution in [0.4, 0.5) is 0 Å². The largest absolute Gasteiger partial charge is 0.396 e. The fourth-order valence-electron chi connectivity index (χ4n) is 2.15. The summed E-state index contributed by atoms with van der Waals surface area (Å²) in [6, 6.07) is 0. The summed E-state index contributed by atoms with van der Waals surface area (Å²) in [6.07, 6.45) is 3.93. The number of aliphatic hydroxyl groups is 2. The second-order valence-electron chi connectivity index (χ2n) is 5.33. The van der Waals surface area contributed by atoms with Crippen LogP contribution in [0, 0.1) is 10.8 Å². The first-order chi connectivity index (χ1) is 8.07. The Kier molecular flexibility index (Phi) is 8.01. The molecule has 0 saturated carbocycles. The quantitative estimate of drug-likeness (QED) is 0.553. The highest BCUT2D eigenvalue weighted by Crippen LogP contribution is 2.27. The lowest BCUT2D eigenvalue weighted by molar-refractivity contribution is 0.0873. The fraction of sp³-hybridized carbons (Fsp3) is 1.00. The molecule has 0 bridgehead atoms. The van der Waals surface area contributed by atoms with E-state index in [4.69, 9.17) is 0 Å². The first-order valence-corrected chi connectivity index (χ1v) is 7.00. The number of hydrogen-bond acceptors (Lipinski definition) is 3. The van der Waals surface area contributed by atoms with Crippen LogP contribution in [0.1, 0.15) is 53.4 Å². The van der Waals surface area contributed by atoms with Gasteiger partial charge in [0.1, 0.15) is 0 Å². The third kappa shape index (κ3) is 4.57. The highest BCUT2D eigenvalue weighted by Gasteiger charge is 2.28. The van der Waals surface area contributed by atoms with Crippen LogP contribution in [0.5, 0.6) is 0 Å². The first-order valence-electron chi connectivity index (χ1n) is 7.00. The van der Waals surface area contributed by atoms with Crippen molar-refractivity contribution < 1.29 is 10.2 Å². The summed E-state index contributed by atoms with van der Waals surface area (Å²) in [5, 5.41) is 22.4. The summed E-state index contributed by atoms with van der Waals surface area (Å²) >= 11 is 0. The van der Waals surface area contributed by atoms with Gasteiger partial charge in [0.15, 0.2) is 0 Å². The lowest BCUT2D eigenvalue weighted by atomic mass is 9.81. The number of nitrogens with one attached hydrogen (secondary N) is 1. The lowest BCUT2D eigenvalue weighted by Crippen LogP contribution is -2.43. The molecule has 0 rings (SSSR count). The molecule has 0 fully saturated rings. The molecule has 0 heterocycles. The zero-order valence-corrected chi connectivity index (χ0v) is 12.1. The average molecular weight is 245 g/mol. The summed E-state index contributed by atoms with van der Waals surface area (Å²) in [6.45, 7) is 10.6. The first kappa shape index (κ1) is 16.9. The minimum Gasteiger partial charge on any atom is -0.396 e. The third-order valence-electron chi connectivity index (χ3n) is 4.67. The Morgan fingerprint density at radius 1 is 0.706 bits per heavy atom. The molecular weight excluding hydrogens is 214 g/mol. The molecule has 0 spiro atoms. The second-order valence-corrected chi connectivity index (χ2v) is 5.33.